The molecule has 2 heteroatoms. The van der Waals surface area contributed by atoms with Crippen molar-refractivity contribution in [3.8, 4) is 0 Å². The number of ether oxygens (including phenoxy) is 1. The largest absolute Gasteiger partial charge is 0.466 e. The Morgan fingerprint density at radius 1 is 1.47 bits per heavy atom. The molecule has 1 atom stereocenters. The quantitative estimate of drug-likeness (QED) is 0.365. The highest BCUT2D eigenvalue weighted by atomic mass is 16.5. The van der Waals surface area contributed by atoms with Crippen molar-refractivity contribution in [2.75, 3.05) is 6.61 Å². The maximum absolute atomic E-state index is 11.4. The zero-order valence-electron chi connectivity index (χ0n) is 10.1. The van der Waals surface area contributed by atoms with Gasteiger partial charge in [-0.15, -0.1) is 6.58 Å². The highest BCUT2D eigenvalue weighted by molar-refractivity contribution is 5.74. The van der Waals surface area contributed by atoms with Crippen molar-refractivity contribution in [3.63, 3.8) is 0 Å². The zero-order valence-corrected chi connectivity index (χ0v) is 10.1. The fourth-order valence-corrected chi connectivity index (χ4v) is 1.31. The second kappa shape index (κ2) is 8.27. The lowest BCUT2D eigenvalue weighted by atomic mass is 10.0. The Morgan fingerprint density at radius 2 is 2.13 bits per heavy atom. The smallest absolute Gasteiger partial charge is 0.312 e. The fraction of sp³-hybridized carbons (Fsp3) is 0.615. The molecule has 0 saturated heterocycles. The molecule has 0 amide bonds. The van der Waals surface area contributed by atoms with Crippen LogP contribution < -0.4 is 0 Å². The van der Waals surface area contributed by atoms with Gasteiger partial charge in [0.15, 0.2) is 0 Å². The van der Waals surface area contributed by atoms with Crippen LogP contribution >= 0.6 is 0 Å². The lowest BCUT2D eigenvalue weighted by Gasteiger charge is -2.10. The van der Waals surface area contributed by atoms with Gasteiger partial charge in [0, 0.05) is 0 Å². The number of hydrogen-bond donors (Lipinski definition) is 0. The van der Waals surface area contributed by atoms with Crippen LogP contribution in [0, 0.1) is 5.92 Å². The van der Waals surface area contributed by atoms with Gasteiger partial charge in [0.25, 0.3) is 0 Å². The number of carbonyl (C=O) groups is 1. The van der Waals surface area contributed by atoms with Crippen LogP contribution in [0.3, 0.4) is 0 Å². The summed E-state index contributed by atoms with van der Waals surface area (Å²) in [5.74, 6) is -0.291. The zero-order chi connectivity index (χ0) is 11.7. The van der Waals surface area contributed by atoms with E-state index in [1.165, 1.54) is 5.57 Å². The Bertz CT molecular complexity index is 225. The third-order valence-electron chi connectivity index (χ3n) is 2.15. The van der Waals surface area contributed by atoms with E-state index in [-0.39, 0.29) is 11.9 Å². The Balaban J connectivity index is 3.85. The van der Waals surface area contributed by atoms with E-state index < -0.39 is 0 Å². The van der Waals surface area contributed by atoms with E-state index in [2.05, 4.69) is 26.5 Å². The van der Waals surface area contributed by atoms with Gasteiger partial charge in [-0.25, -0.2) is 0 Å². The first-order chi connectivity index (χ1) is 7.11. The fourth-order valence-electron chi connectivity index (χ4n) is 1.31. The van der Waals surface area contributed by atoms with Gasteiger partial charge in [0.2, 0.25) is 0 Å². The first-order valence-corrected chi connectivity index (χ1v) is 5.54. The van der Waals surface area contributed by atoms with Crippen molar-refractivity contribution < 1.29 is 9.53 Å². The van der Waals surface area contributed by atoms with Crippen molar-refractivity contribution in [2.24, 2.45) is 5.92 Å². The van der Waals surface area contributed by atoms with E-state index in [1.54, 1.807) is 6.08 Å². The molecular formula is C13H22O2. The minimum Gasteiger partial charge on any atom is -0.466 e. The van der Waals surface area contributed by atoms with Crippen LogP contribution in [0.5, 0.6) is 0 Å². The van der Waals surface area contributed by atoms with Crippen molar-refractivity contribution >= 4 is 5.97 Å². The van der Waals surface area contributed by atoms with Crippen LogP contribution in [0.15, 0.2) is 24.3 Å². The average Bonchev–Trinajstić information content (AvgIpc) is 2.17. The van der Waals surface area contributed by atoms with Gasteiger partial charge in [-0.2, -0.15) is 0 Å². The number of hydrogen-bond acceptors (Lipinski definition) is 2. The van der Waals surface area contributed by atoms with Crippen molar-refractivity contribution in [1.82, 2.24) is 0 Å². The van der Waals surface area contributed by atoms with E-state index in [1.807, 2.05) is 6.92 Å². The summed E-state index contributed by atoms with van der Waals surface area (Å²) in [4.78, 5) is 11.4. The molecule has 86 valence electrons. The van der Waals surface area contributed by atoms with E-state index in [4.69, 9.17) is 4.74 Å². The van der Waals surface area contributed by atoms with E-state index in [0.29, 0.717) is 6.61 Å². The Hall–Kier alpha value is -1.05. The first kappa shape index (κ1) is 13.9. The van der Waals surface area contributed by atoms with Gasteiger partial charge in [0.05, 0.1) is 12.5 Å². The highest BCUT2D eigenvalue weighted by Crippen LogP contribution is 2.12. The minimum absolute atomic E-state index is 0.143. The minimum atomic E-state index is -0.148. The molecule has 0 spiro atoms. The summed E-state index contributed by atoms with van der Waals surface area (Å²) in [6.45, 7) is 10.1. The maximum atomic E-state index is 11.4. The second-order valence-corrected chi connectivity index (χ2v) is 3.81. The Kier molecular flexibility index (Phi) is 7.69. The van der Waals surface area contributed by atoms with Crippen LogP contribution in [0.2, 0.25) is 0 Å². The summed E-state index contributed by atoms with van der Waals surface area (Å²) < 4.78 is 4.95. The molecule has 0 aromatic heterocycles. The standard InChI is InChI=1S/C13H22O2/c1-5-12(13(14)15-6-2)10-8-7-9-11(3)4/h5,9,12H,1,6-8,10H2,2-4H3. The predicted octanol–water partition coefficient (Wildman–Crippen LogP) is 3.49. The number of unbranched alkanes of at least 4 members (excludes halogenated alkanes) is 1. The van der Waals surface area contributed by atoms with Crippen molar-refractivity contribution in [2.45, 2.75) is 40.0 Å². The number of rotatable bonds is 7. The summed E-state index contributed by atoms with van der Waals surface area (Å²) >= 11 is 0. The van der Waals surface area contributed by atoms with Crippen LogP contribution in [-0.4, -0.2) is 12.6 Å². The molecule has 0 radical (unpaired) electrons. The normalized spacial score (nSPS) is 11.7. The predicted molar refractivity (Wildman–Crippen MR) is 63.6 cm³/mol. The van der Waals surface area contributed by atoms with Crippen LogP contribution in [0.4, 0.5) is 0 Å². The molecule has 0 N–H and O–H groups in total. The third kappa shape index (κ3) is 6.95. The van der Waals surface area contributed by atoms with Crippen LogP contribution in [0.1, 0.15) is 40.0 Å². The summed E-state index contributed by atoms with van der Waals surface area (Å²) in [5.41, 5.74) is 1.32. The molecule has 0 aliphatic heterocycles. The topological polar surface area (TPSA) is 26.3 Å². The van der Waals surface area contributed by atoms with E-state index >= 15 is 0 Å². The van der Waals surface area contributed by atoms with Gasteiger partial charge in [-0.05, 0) is 40.0 Å². The molecule has 0 rings (SSSR count). The van der Waals surface area contributed by atoms with Crippen molar-refractivity contribution in [3.05, 3.63) is 24.3 Å². The molecule has 0 aliphatic carbocycles. The lowest BCUT2D eigenvalue weighted by molar-refractivity contribution is -0.146. The molecule has 15 heavy (non-hydrogen) atoms. The lowest BCUT2D eigenvalue weighted by Crippen LogP contribution is -2.15. The molecular weight excluding hydrogens is 188 g/mol. The summed E-state index contributed by atoms with van der Waals surface area (Å²) in [6.07, 6.45) is 6.71. The SMILES string of the molecule is C=CC(CCCC=C(C)C)C(=O)OCC. The maximum Gasteiger partial charge on any atom is 0.312 e. The monoisotopic (exact) mass is 210 g/mol. The van der Waals surface area contributed by atoms with E-state index in [0.717, 1.165) is 19.3 Å². The molecule has 0 aromatic rings. The molecule has 1 unspecified atom stereocenters. The molecule has 0 bridgehead atoms. The average molecular weight is 210 g/mol. The third-order valence-corrected chi connectivity index (χ3v) is 2.15. The van der Waals surface area contributed by atoms with Crippen LogP contribution in [0.25, 0.3) is 0 Å². The van der Waals surface area contributed by atoms with Crippen LogP contribution in [-0.2, 0) is 9.53 Å². The summed E-state index contributed by atoms with van der Waals surface area (Å²) in [6, 6.07) is 0. The van der Waals surface area contributed by atoms with Gasteiger partial charge in [0.1, 0.15) is 0 Å². The summed E-state index contributed by atoms with van der Waals surface area (Å²) in [5, 5.41) is 0. The Labute approximate surface area is 93.0 Å². The number of esters is 1. The van der Waals surface area contributed by atoms with E-state index in [9.17, 15) is 4.79 Å². The summed E-state index contributed by atoms with van der Waals surface area (Å²) in [7, 11) is 0. The number of carbonyl (C=O) groups excluding carboxylic acids is 1. The Morgan fingerprint density at radius 3 is 2.60 bits per heavy atom. The van der Waals surface area contributed by atoms with Gasteiger partial charge in [-0.3, -0.25) is 4.79 Å². The molecule has 2 nitrogen and oxygen atoms in total. The van der Waals surface area contributed by atoms with Gasteiger partial charge >= 0.3 is 5.97 Å². The van der Waals surface area contributed by atoms with Gasteiger partial charge < -0.3 is 4.74 Å². The van der Waals surface area contributed by atoms with Gasteiger partial charge in [-0.1, -0.05) is 17.7 Å². The molecule has 0 aliphatic rings. The highest BCUT2D eigenvalue weighted by Gasteiger charge is 2.14. The first-order valence-electron chi connectivity index (χ1n) is 5.54. The molecule has 0 heterocycles. The second-order valence-electron chi connectivity index (χ2n) is 3.81. The molecule has 0 fully saturated rings. The number of allylic oxidation sites excluding steroid dienone is 2. The molecule has 0 saturated carbocycles. The molecule has 0 aromatic carbocycles. The van der Waals surface area contributed by atoms with Crippen molar-refractivity contribution in [1.29, 1.82) is 0 Å².